The lowest BCUT2D eigenvalue weighted by molar-refractivity contribution is 0.0152. The number of nitrogens with one attached hydrogen (secondary N) is 1. The zero-order valence-corrected chi connectivity index (χ0v) is 12.6. The Bertz CT molecular complexity index is 346. The van der Waals surface area contributed by atoms with Gasteiger partial charge in [0.15, 0.2) is 0 Å². The van der Waals surface area contributed by atoms with Gasteiger partial charge < -0.3 is 10.1 Å². The summed E-state index contributed by atoms with van der Waals surface area (Å²) >= 11 is 3.48. The van der Waals surface area contributed by atoms with E-state index in [0.29, 0.717) is 12.1 Å². The SMILES string of the molecule is CCC(NCC1CCCCO1)c1ccc(Br)cc1. The minimum Gasteiger partial charge on any atom is -0.377 e. The molecule has 0 aliphatic carbocycles. The van der Waals surface area contributed by atoms with E-state index in [2.05, 4.69) is 52.4 Å². The van der Waals surface area contributed by atoms with E-state index in [1.807, 2.05) is 0 Å². The third-order valence-electron chi connectivity index (χ3n) is 3.55. The quantitative estimate of drug-likeness (QED) is 0.885. The first-order valence-electron chi connectivity index (χ1n) is 6.90. The first-order valence-corrected chi connectivity index (χ1v) is 7.69. The highest BCUT2D eigenvalue weighted by molar-refractivity contribution is 9.10. The van der Waals surface area contributed by atoms with Crippen LogP contribution in [0.15, 0.2) is 28.7 Å². The van der Waals surface area contributed by atoms with Crippen molar-refractivity contribution in [2.24, 2.45) is 0 Å². The van der Waals surface area contributed by atoms with Crippen LogP contribution < -0.4 is 5.32 Å². The Kier molecular flexibility index (Phi) is 5.67. The van der Waals surface area contributed by atoms with Gasteiger partial charge in [0.05, 0.1) is 6.10 Å². The predicted octanol–water partition coefficient (Wildman–Crippen LogP) is 4.06. The minimum atomic E-state index is 0.406. The summed E-state index contributed by atoms with van der Waals surface area (Å²) in [6.45, 7) is 4.12. The van der Waals surface area contributed by atoms with Crippen molar-refractivity contribution in [1.82, 2.24) is 5.32 Å². The minimum absolute atomic E-state index is 0.406. The highest BCUT2D eigenvalue weighted by atomic mass is 79.9. The normalized spacial score (nSPS) is 21.8. The number of rotatable bonds is 5. The summed E-state index contributed by atoms with van der Waals surface area (Å²) in [5.41, 5.74) is 1.36. The van der Waals surface area contributed by atoms with Gasteiger partial charge in [-0.2, -0.15) is 0 Å². The van der Waals surface area contributed by atoms with E-state index < -0.39 is 0 Å². The summed E-state index contributed by atoms with van der Waals surface area (Å²) in [5.74, 6) is 0. The second-order valence-electron chi connectivity index (χ2n) is 4.91. The zero-order chi connectivity index (χ0) is 12.8. The monoisotopic (exact) mass is 311 g/mol. The molecule has 2 unspecified atom stereocenters. The molecule has 1 aliphatic heterocycles. The van der Waals surface area contributed by atoms with Crippen LogP contribution in [0.25, 0.3) is 0 Å². The smallest absolute Gasteiger partial charge is 0.0699 e. The molecular formula is C15H22BrNO. The lowest BCUT2D eigenvalue weighted by Gasteiger charge is -2.26. The summed E-state index contributed by atoms with van der Waals surface area (Å²) in [4.78, 5) is 0. The van der Waals surface area contributed by atoms with Gasteiger partial charge in [0.2, 0.25) is 0 Å². The van der Waals surface area contributed by atoms with Crippen molar-refractivity contribution >= 4 is 15.9 Å². The summed E-state index contributed by atoms with van der Waals surface area (Å²) < 4.78 is 6.89. The molecule has 0 saturated carbocycles. The van der Waals surface area contributed by atoms with Gasteiger partial charge in [0, 0.05) is 23.7 Å². The van der Waals surface area contributed by atoms with Crippen LogP contribution >= 0.6 is 15.9 Å². The molecule has 1 aliphatic rings. The second kappa shape index (κ2) is 7.27. The molecule has 18 heavy (non-hydrogen) atoms. The maximum absolute atomic E-state index is 5.76. The van der Waals surface area contributed by atoms with Crippen LogP contribution in [0.1, 0.15) is 44.2 Å². The Hall–Kier alpha value is -0.380. The van der Waals surface area contributed by atoms with Crippen molar-refractivity contribution in [2.45, 2.75) is 44.8 Å². The van der Waals surface area contributed by atoms with Crippen LogP contribution in [0, 0.1) is 0 Å². The molecule has 0 radical (unpaired) electrons. The van der Waals surface area contributed by atoms with E-state index in [1.165, 1.54) is 24.8 Å². The molecule has 1 heterocycles. The molecule has 0 amide bonds. The summed E-state index contributed by atoms with van der Waals surface area (Å²) in [6, 6.07) is 9.02. The third-order valence-corrected chi connectivity index (χ3v) is 4.08. The molecule has 100 valence electrons. The van der Waals surface area contributed by atoms with Gasteiger partial charge in [-0.25, -0.2) is 0 Å². The summed E-state index contributed by atoms with van der Waals surface area (Å²) in [5, 5.41) is 3.63. The highest BCUT2D eigenvalue weighted by Crippen LogP contribution is 2.20. The summed E-state index contributed by atoms with van der Waals surface area (Å²) in [7, 11) is 0. The molecule has 1 aromatic rings. The number of hydrogen-bond acceptors (Lipinski definition) is 2. The van der Waals surface area contributed by atoms with Crippen LogP contribution in [0.4, 0.5) is 0 Å². The molecule has 0 bridgehead atoms. The fourth-order valence-electron chi connectivity index (χ4n) is 2.44. The van der Waals surface area contributed by atoms with Gasteiger partial charge in [0.25, 0.3) is 0 Å². The van der Waals surface area contributed by atoms with Crippen LogP contribution in [-0.4, -0.2) is 19.3 Å². The Morgan fingerprint density at radius 3 is 2.72 bits per heavy atom. The van der Waals surface area contributed by atoms with Crippen molar-refractivity contribution in [3.05, 3.63) is 34.3 Å². The number of halogens is 1. The molecular weight excluding hydrogens is 290 g/mol. The Balaban J connectivity index is 1.86. The van der Waals surface area contributed by atoms with Crippen molar-refractivity contribution in [3.63, 3.8) is 0 Å². The maximum atomic E-state index is 5.76. The Morgan fingerprint density at radius 1 is 1.33 bits per heavy atom. The van der Waals surface area contributed by atoms with Crippen LogP contribution in [0.5, 0.6) is 0 Å². The van der Waals surface area contributed by atoms with Crippen molar-refractivity contribution in [2.75, 3.05) is 13.2 Å². The van der Waals surface area contributed by atoms with E-state index >= 15 is 0 Å². The predicted molar refractivity (Wildman–Crippen MR) is 78.8 cm³/mol. The molecule has 2 atom stereocenters. The molecule has 2 nitrogen and oxygen atoms in total. The lowest BCUT2D eigenvalue weighted by atomic mass is 10.0. The van der Waals surface area contributed by atoms with Gasteiger partial charge in [0.1, 0.15) is 0 Å². The largest absolute Gasteiger partial charge is 0.377 e. The molecule has 1 fully saturated rings. The number of ether oxygens (including phenoxy) is 1. The van der Waals surface area contributed by atoms with E-state index in [-0.39, 0.29) is 0 Å². The van der Waals surface area contributed by atoms with E-state index in [1.54, 1.807) is 0 Å². The molecule has 1 N–H and O–H groups in total. The van der Waals surface area contributed by atoms with E-state index in [9.17, 15) is 0 Å². The molecule has 1 aromatic carbocycles. The van der Waals surface area contributed by atoms with E-state index in [0.717, 1.165) is 24.0 Å². The van der Waals surface area contributed by atoms with Crippen molar-refractivity contribution in [3.8, 4) is 0 Å². The van der Waals surface area contributed by atoms with Gasteiger partial charge in [-0.05, 0) is 43.4 Å². The molecule has 3 heteroatoms. The van der Waals surface area contributed by atoms with Gasteiger partial charge in [-0.1, -0.05) is 35.0 Å². The number of benzene rings is 1. The first kappa shape index (κ1) is 14.0. The van der Waals surface area contributed by atoms with Crippen molar-refractivity contribution in [1.29, 1.82) is 0 Å². The molecule has 0 aromatic heterocycles. The van der Waals surface area contributed by atoms with E-state index in [4.69, 9.17) is 4.74 Å². The Morgan fingerprint density at radius 2 is 2.11 bits per heavy atom. The maximum Gasteiger partial charge on any atom is 0.0699 e. The Labute approximate surface area is 118 Å². The van der Waals surface area contributed by atoms with Crippen LogP contribution in [0.3, 0.4) is 0 Å². The van der Waals surface area contributed by atoms with Gasteiger partial charge in [-0.15, -0.1) is 0 Å². The van der Waals surface area contributed by atoms with Gasteiger partial charge >= 0.3 is 0 Å². The van der Waals surface area contributed by atoms with Gasteiger partial charge in [-0.3, -0.25) is 0 Å². The van der Waals surface area contributed by atoms with Crippen molar-refractivity contribution < 1.29 is 4.74 Å². The average Bonchev–Trinajstić information content (AvgIpc) is 2.42. The fraction of sp³-hybridized carbons (Fsp3) is 0.600. The topological polar surface area (TPSA) is 21.3 Å². The molecule has 1 saturated heterocycles. The number of hydrogen-bond donors (Lipinski definition) is 1. The molecule has 2 rings (SSSR count). The summed E-state index contributed by atoms with van der Waals surface area (Å²) in [6.07, 6.45) is 5.24. The zero-order valence-electron chi connectivity index (χ0n) is 11.0. The first-order chi connectivity index (χ1) is 8.79. The molecule has 0 spiro atoms. The highest BCUT2D eigenvalue weighted by Gasteiger charge is 2.16. The van der Waals surface area contributed by atoms with Crippen LogP contribution in [0.2, 0.25) is 0 Å². The third kappa shape index (κ3) is 4.08. The standard InChI is InChI=1S/C15H22BrNO/c1-2-15(12-6-8-13(16)9-7-12)17-11-14-5-3-4-10-18-14/h6-9,14-15,17H,2-5,10-11H2,1H3. The second-order valence-corrected chi connectivity index (χ2v) is 5.82. The lowest BCUT2D eigenvalue weighted by Crippen LogP contribution is -2.34. The van der Waals surface area contributed by atoms with Crippen LogP contribution in [-0.2, 0) is 4.74 Å². The average molecular weight is 312 g/mol. The fourth-order valence-corrected chi connectivity index (χ4v) is 2.70.